The number of unbranched alkanes of at least 4 members (excludes halogenated alkanes) is 1. The van der Waals surface area contributed by atoms with Crippen LogP contribution in [-0.4, -0.2) is 0 Å². The predicted octanol–water partition coefficient (Wildman–Crippen LogP) is 10.5. The minimum atomic E-state index is -0.618. The summed E-state index contributed by atoms with van der Waals surface area (Å²) in [6.07, 6.45) is 17.3. The normalized spacial score (nSPS) is 24.9. The Bertz CT molecular complexity index is 1010. The van der Waals surface area contributed by atoms with Crippen LogP contribution in [0.25, 0.3) is 6.08 Å². The van der Waals surface area contributed by atoms with Crippen LogP contribution in [0.5, 0.6) is 0 Å². The lowest BCUT2D eigenvalue weighted by Gasteiger charge is -2.30. The summed E-state index contributed by atoms with van der Waals surface area (Å²) in [5.41, 5.74) is 2.82. The molecule has 36 heavy (non-hydrogen) atoms. The van der Waals surface area contributed by atoms with Gasteiger partial charge in [-0.1, -0.05) is 69.5 Å². The van der Waals surface area contributed by atoms with E-state index in [1.807, 2.05) is 30.3 Å². The second-order valence-electron chi connectivity index (χ2n) is 11.3. The van der Waals surface area contributed by atoms with Crippen molar-refractivity contribution < 1.29 is 13.2 Å². The first-order valence-corrected chi connectivity index (χ1v) is 14.4. The van der Waals surface area contributed by atoms with Crippen molar-refractivity contribution in [3.8, 4) is 0 Å². The molecule has 0 heterocycles. The largest absolute Gasteiger partial charge is 0.206 e. The van der Waals surface area contributed by atoms with E-state index in [0.717, 1.165) is 82.1 Å². The highest BCUT2D eigenvalue weighted by atomic mass is 19.2. The number of rotatable bonds is 9. The highest BCUT2D eigenvalue weighted by Crippen LogP contribution is 2.42. The van der Waals surface area contributed by atoms with Gasteiger partial charge >= 0.3 is 0 Å². The minimum Gasteiger partial charge on any atom is -0.206 e. The average molecular weight is 497 g/mol. The molecule has 0 atom stereocenters. The van der Waals surface area contributed by atoms with Gasteiger partial charge in [0.2, 0.25) is 0 Å². The third kappa shape index (κ3) is 6.64. The van der Waals surface area contributed by atoms with E-state index < -0.39 is 11.6 Å². The van der Waals surface area contributed by atoms with Crippen molar-refractivity contribution in [2.45, 2.75) is 109 Å². The molecule has 0 radical (unpaired) electrons. The van der Waals surface area contributed by atoms with E-state index in [4.69, 9.17) is 0 Å². The maximum atomic E-state index is 15.2. The van der Waals surface area contributed by atoms with Crippen molar-refractivity contribution >= 4 is 6.08 Å². The second-order valence-corrected chi connectivity index (χ2v) is 11.3. The first-order valence-electron chi connectivity index (χ1n) is 14.4. The number of aryl methyl sites for hydroxylation is 1. The van der Waals surface area contributed by atoms with Crippen LogP contribution < -0.4 is 0 Å². The number of hydrogen-bond donors (Lipinski definition) is 0. The maximum Gasteiger partial charge on any atom is 0.162 e. The number of benzene rings is 2. The molecule has 0 nitrogen and oxygen atoms in total. The lowest BCUT2D eigenvalue weighted by molar-refractivity contribution is 0.302. The maximum absolute atomic E-state index is 15.2. The molecule has 3 heteroatoms. The predicted molar refractivity (Wildman–Crippen MR) is 145 cm³/mol. The first-order chi connectivity index (χ1) is 17.5. The minimum absolute atomic E-state index is 0.0630. The summed E-state index contributed by atoms with van der Waals surface area (Å²) in [4.78, 5) is 0. The fourth-order valence-corrected chi connectivity index (χ4v) is 6.48. The Balaban J connectivity index is 1.33. The number of allylic oxidation sites excluding steroid dienone is 1. The molecule has 0 unspecified atom stereocenters. The molecule has 0 bridgehead atoms. The Labute approximate surface area is 216 Å². The smallest absolute Gasteiger partial charge is 0.162 e. The van der Waals surface area contributed by atoms with Crippen LogP contribution in [0, 0.1) is 29.3 Å². The van der Waals surface area contributed by atoms with E-state index in [-0.39, 0.29) is 17.7 Å². The summed E-state index contributed by atoms with van der Waals surface area (Å²) in [5, 5.41) is 0. The molecule has 0 saturated heterocycles. The fraction of sp³-hybridized carbons (Fsp3) is 0.576. The van der Waals surface area contributed by atoms with Gasteiger partial charge in [-0.05, 0) is 111 Å². The van der Waals surface area contributed by atoms with Crippen molar-refractivity contribution in [2.24, 2.45) is 11.8 Å². The van der Waals surface area contributed by atoms with Gasteiger partial charge in [0.1, 0.15) is 5.82 Å². The van der Waals surface area contributed by atoms with Gasteiger partial charge in [0.05, 0.1) is 0 Å². The molecule has 2 saturated carbocycles. The molecule has 2 aromatic carbocycles. The molecular formula is C33H43F3. The Morgan fingerprint density at radius 2 is 1.36 bits per heavy atom. The third-order valence-electron chi connectivity index (χ3n) is 8.77. The van der Waals surface area contributed by atoms with E-state index in [1.165, 1.54) is 12.8 Å². The second kappa shape index (κ2) is 13.0. The van der Waals surface area contributed by atoms with Gasteiger partial charge in [-0.3, -0.25) is 0 Å². The van der Waals surface area contributed by atoms with Gasteiger partial charge in [0, 0.05) is 5.56 Å². The van der Waals surface area contributed by atoms with E-state index in [2.05, 4.69) is 19.9 Å². The third-order valence-corrected chi connectivity index (χ3v) is 8.77. The van der Waals surface area contributed by atoms with Crippen molar-refractivity contribution in [3.05, 3.63) is 76.1 Å². The molecule has 2 aromatic rings. The molecule has 0 spiro atoms. The zero-order chi connectivity index (χ0) is 25.5. The van der Waals surface area contributed by atoms with E-state index in [0.29, 0.717) is 22.6 Å². The number of halogens is 3. The Kier molecular flexibility index (Phi) is 9.73. The van der Waals surface area contributed by atoms with Crippen LogP contribution in [0.2, 0.25) is 0 Å². The molecule has 2 aliphatic rings. The zero-order valence-corrected chi connectivity index (χ0v) is 22.2. The van der Waals surface area contributed by atoms with Gasteiger partial charge in [0.15, 0.2) is 11.6 Å². The summed E-state index contributed by atoms with van der Waals surface area (Å²) < 4.78 is 44.8. The highest BCUT2D eigenvalue weighted by Gasteiger charge is 2.29. The van der Waals surface area contributed by atoms with Gasteiger partial charge in [-0.25, -0.2) is 13.2 Å². The van der Waals surface area contributed by atoms with Crippen molar-refractivity contribution in [1.29, 1.82) is 0 Å². The van der Waals surface area contributed by atoms with Crippen LogP contribution in [0.3, 0.4) is 0 Å². The van der Waals surface area contributed by atoms with Gasteiger partial charge < -0.3 is 0 Å². The summed E-state index contributed by atoms with van der Waals surface area (Å²) in [6, 6.07) is 9.29. The van der Waals surface area contributed by atoms with E-state index in [9.17, 15) is 4.39 Å². The molecular weight excluding hydrogens is 453 g/mol. The topological polar surface area (TPSA) is 0 Å². The molecule has 196 valence electrons. The lowest BCUT2D eigenvalue weighted by atomic mass is 9.75. The summed E-state index contributed by atoms with van der Waals surface area (Å²) >= 11 is 0. The molecule has 0 amide bonds. The van der Waals surface area contributed by atoms with Gasteiger partial charge in [0.25, 0.3) is 0 Å². The molecule has 4 rings (SSSR count). The van der Waals surface area contributed by atoms with Crippen molar-refractivity contribution in [3.63, 3.8) is 0 Å². The van der Waals surface area contributed by atoms with Crippen molar-refractivity contribution in [2.75, 3.05) is 0 Å². The zero-order valence-electron chi connectivity index (χ0n) is 22.2. The van der Waals surface area contributed by atoms with Crippen LogP contribution >= 0.6 is 0 Å². The van der Waals surface area contributed by atoms with Crippen LogP contribution in [-0.2, 0) is 6.42 Å². The van der Waals surface area contributed by atoms with Crippen LogP contribution in [0.4, 0.5) is 13.2 Å². The monoisotopic (exact) mass is 496 g/mol. The Morgan fingerprint density at radius 3 is 1.92 bits per heavy atom. The first kappa shape index (κ1) is 27.0. The fourth-order valence-electron chi connectivity index (χ4n) is 6.48. The van der Waals surface area contributed by atoms with E-state index >= 15 is 8.78 Å². The number of hydrogen-bond acceptors (Lipinski definition) is 0. The molecule has 2 fully saturated rings. The SMILES string of the molecule is CCCCc1ccc(C=CC2CCC(c3ccc(C4CCC(CCC)CC4)c(F)c3F)CC2)c(F)c1. The van der Waals surface area contributed by atoms with Gasteiger partial charge in [-0.15, -0.1) is 0 Å². The molecule has 0 N–H and O–H groups in total. The lowest BCUT2D eigenvalue weighted by Crippen LogP contribution is -2.17. The van der Waals surface area contributed by atoms with Crippen molar-refractivity contribution in [1.82, 2.24) is 0 Å². The molecule has 0 aliphatic heterocycles. The van der Waals surface area contributed by atoms with E-state index in [1.54, 1.807) is 6.07 Å². The molecule has 2 aliphatic carbocycles. The summed E-state index contributed by atoms with van der Waals surface area (Å²) in [7, 11) is 0. The van der Waals surface area contributed by atoms with Crippen LogP contribution in [0.1, 0.15) is 125 Å². The highest BCUT2D eigenvalue weighted by molar-refractivity contribution is 5.51. The van der Waals surface area contributed by atoms with Crippen LogP contribution in [0.15, 0.2) is 36.4 Å². The summed E-state index contributed by atoms with van der Waals surface area (Å²) in [5.74, 6) is -0.0596. The Morgan fingerprint density at radius 1 is 0.750 bits per heavy atom. The quantitative estimate of drug-likeness (QED) is 0.324. The standard InChI is InChI=1S/C33H43F3/c1-3-5-7-25-13-19-28(31(34)22-25)18-12-24-10-16-27(17-11-24)30-21-20-29(32(35)33(30)36)26-14-8-23(6-4-2)9-15-26/h12-13,18-24,26-27H,3-11,14-17H2,1-2H3. The van der Waals surface area contributed by atoms with Gasteiger partial charge in [-0.2, -0.15) is 0 Å². The summed E-state index contributed by atoms with van der Waals surface area (Å²) in [6.45, 7) is 4.36. The molecule has 0 aromatic heterocycles. The average Bonchev–Trinajstić information content (AvgIpc) is 2.90. The Hall–Kier alpha value is -2.03.